The second kappa shape index (κ2) is 8.77. The fraction of sp³-hybridized carbons (Fsp3) is 0.444. The van der Waals surface area contributed by atoms with Gasteiger partial charge in [0.05, 0.1) is 6.26 Å². The van der Waals surface area contributed by atoms with Gasteiger partial charge in [0.2, 0.25) is 10.0 Å². The van der Waals surface area contributed by atoms with Gasteiger partial charge >= 0.3 is 0 Å². The van der Waals surface area contributed by atoms with Crippen LogP contribution in [0.3, 0.4) is 0 Å². The number of hydrogen-bond donors (Lipinski definition) is 0. The lowest BCUT2D eigenvalue weighted by molar-refractivity contribution is 0.0681. The number of hydrogen-bond acceptors (Lipinski definition) is 6. The third-order valence-electron chi connectivity index (χ3n) is 4.74. The molecule has 0 radical (unpaired) electrons. The third kappa shape index (κ3) is 5.22. The SMILES string of the molecule is CN(C1CCN(C(=O)c2csc(COc3ccc(Cl)cc3)n2)CC1)S(C)(=O)=O. The van der Waals surface area contributed by atoms with Crippen LogP contribution in [0.4, 0.5) is 0 Å². The van der Waals surface area contributed by atoms with E-state index in [1.54, 1.807) is 41.6 Å². The van der Waals surface area contributed by atoms with Gasteiger partial charge in [-0.2, -0.15) is 0 Å². The van der Waals surface area contributed by atoms with Gasteiger partial charge in [0.1, 0.15) is 23.1 Å². The number of carbonyl (C=O) groups is 1. The topological polar surface area (TPSA) is 79.8 Å². The van der Waals surface area contributed by atoms with Gasteiger partial charge in [0, 0.05) is 36.6 Å². The minimum absolute atomic E-state index is 0.0715. The number of aromatic nitrogens is 1. The Morgan fingerprint density at radius 3 is 2.57 bits per heavy atom. The molecule has 0 N–H and O–H groups in total. The smallest absolute Gasteiger partial charge is 0.273 e. The second-order valence-corrected chi connectivity index (χ2v) is 10.1. The zero-order valence-corrected chi connectivity index (χ0v) is 18.1. The summed E-state index contributed by atoms with van der Waals surface area (Å²) in [6, 6.07) is 6.98. The first-order chi connectivity index (χ1) is 13.2. The molecule has 28 heavy (non-hydrogen) atoms. The molecule has 1 amide bonds. The van der Waals surface area contributed by atoms with E-state index in [2.05, 4.69) is 4.98 Å². The Hall–Kier alpha value is -1.68. The lowest BCUT2D eigenvalue weighted by Gasteiger charge is -2.35. The van der Waals surface area contributed by atoms with Crippen LogP contribution in [0.5, 0.6) is 5.75 Å². The number of sulfonamides is 1. The van der Waals surface area contributed by atoms with Crippen LogP contribution in [0.2, 0.25) is 5.02 Å². The summed E-state index contributed by atoms with van der Waals surface area (Å²) >= 11 is 7.22. The summed E-state index contributed by atoms with van der Waals surface area (Å²) in [7, 11) is -1.63. The summed E-state index contributed by atoms with van der Waals surface area (Å²) < 4.78 is 30.4. The molecular weight excluding hydrogens is 422 g/mol. The van der Waals surface area contributed by atoms with E-state index in [1.165, 1.54) is 21.9 Å². The first-order valence-electron chi connectivity index (χ1n) is 8.79. The molecule has 0 atom stereocenters. The Labute approximate surface area is 173 Å². The summed E-state index contributed by atoms with van der Waals surface area (Å²) in [5.74, 6) is 0.555. The molecule has 10 heteroatoms. The van der Waals surface area contributed by atoms with E-state index >= 15 is 0 Å². The van der Waals surface area contributed by atoms with Crippen LogP contribution in [0.15, 0.2) is 29.6 Å². The van der Waals surface area contributed by atoms with Crippen LogP contribution in [0.1, 0.15) is 28.3 Å². The van der Waals surface area contributed by atoms with Crippen molar-refractivity contribution in [2.45, 2.75) is 25.5 Å². The largest absolute Gasteiger partial charge is 0.486 e. The van der Waals surface area contributed by atoms with E-state index in [-0.39, 0.29) is 18.6 Å². The molecule has 1 aliphatic heterocycles. The zero-order valence-electron chi connectivity index (χ0n) is 15.7. The quantitative estimate of drug-likeness (QED) is 0.685. The number of carbonyl (C=O) groups excluding carboxylic acids is 1. The van der Waals surface area contributed by atoms with Gasteiger partial charge in [0.15, 0.2) is 0 Å². The Bertz CT molecular complexity index is 923. The number of likely N-dealkylation sites (tertiary alicyclic amines) is 1. The molecule has 1 aromatic carbocycles. The number of rotatable bonds is 6. The van der Waals surface area contributed by atoms with Crippen molar-refractivity contribution in [1.82, 2.24) is 14.2 Å². The third-order valence-corrected chi connectivity index (χ3v) is 7.15. The van der Waals surface area contributed by atoms with Crippen molar-refractivity contribution in [2.24, 2.45) is 0 Å². The van der Waals surface area contributed by atoms with E-state index in [4.69, 9.17) is 16.3 Å². The van der Waals surface area contributed by atoms with E-state index in [0.717, 1.165) is 0 Å². The summed E-state index contributed by atoms with van der Waals surface area (Å²) in [6.45, 7) is 1.30. The number of thiazole rings is 1. The Morgan fingerprint density at radius 2 is 1.96 bits per heavy atom. The van der Waals surface area contributed by atoms with Crippen LogP contribution >= 0.6 is 22.9 Å². The maximum absolute atomic E-state index is 12.7. The van der Waals surface area contributed by atoms with E-state index in [9.17, 15) is 13.2 Å². The number of amides is 1. The molecule has 0 bridgehead atoms. The molecule has 7 nitrogen and oxygen atoms in total. The Morgan fingerprint density at radius 1 is 1.32 bits per heavy atom. The molecule has 0 spiro atoms. The molecule has 1 aromatic heterocycles. The van der Waals surface area contributed by atoms with Crippen LogP contribution in [0, 0.1) is 0 Å². The summed E-state index contributed by atoms with van der Waals surface area (Å²) in [6.07, 6.45) is 2.44. The summed E-state index contributed by atoms with van der Waals surface area (Å²) in [5.41, 5.74) is 0.398. The molecule has 0 unspecified atom stereocenters. The zero-order chi connectivity index (χ0) is 20.3. The number of benzene rings is 1. The van der Waals surface area contributed by atoms with Gasteiger partial charge in [-0.05, 0) is 37.1 Å². The van der Waals surface area contributed by atoms with Crippen molar-refractivity contribution in [3.8, 4) is 5.75 Å². The highest BCUT2D eigenvalue weighted by molar-refractivity contribution is 7.88. The molecule has 1 saturated heterocycles. The normalized spacial score (nSPS) is 15.8. The molecule has 2 heterocycles. The van der Waals surface area contributed by atoms with Gasteiger partial charge in [-0.25, -0.2) is 17.7 Å². The monoisotopic (exact) mass is 443 g/mol. The first kappa shape index (κ1) is 21.0. The van der Waals surface area contributed by atoms with Crippen molar-refractivity contribution in [2.75, 3.05) is 26.4 Å². The Kier molecular flexibility index (Phi) is 6.59. The van der Waals surface area contributed by atoms with E-state index in [0.29, 0.717) is 47.4 Å². The summed E-state index contributed by atoms with van der Waals surface area (Å²) in [4.78, 5) is 18.8. The number of nitrogens with zero attached hydrogens (tertiary/aromatic N) is 3. The lowest BCUT2D eigenvalue weighted by Crippen LogP contribution is -2.47. The van der Waals surface area contributed by atoms with Crippen LogP contribution < -0.4 is 4.74 Å². The van der Waals surface area contributed by atoms with Gasteiger partial charge < -0.3 is 9.64 Å². The van der Waals surface area contributed by atoms with Crippen molar-refractivity contribution in [1.29, 1.82) is 0 Å². The van der Waals surface area contributed by atoms with Crippen molar-refractivity contribution in [3.63, 3.8) is 0 Å². The minimum atomic E-state index is -3.22. The molecule has 1 fully saturated rings. The molecule has 152 valence electrons. The molecular formula is C18H22ClN3O4S2. The second-order valence-electron chi connectivity index (χ2n) is 6.67. The maximum atomic E-state index is 12.7. The predicted octanol–water partition coefficient (Wildman–Crippen LogP) is 2.87. The first-order valence-corrected chi connectivity index (χ1v) is 11.9. The molecule has 0 saturated carbocycles. The average molecular weight is 444 g/mol. The van der Waals surface area contributed by atoms with Crippen molar-refractivity contribution >= 4 is 38.9 Å². The van der Waals surface area contributed by atoms with Gasteiger partial charge in [0.25, 0.3) is 5.91 Å². The molecule has 3 rings (SSSR count). The fourth-order valence-electron chi connectivity index (χ4n) is 3.02. The Balaban J connectivity index is 1.54. The van der Waals surface area contributed by atoms with Gasteiger partial charge in [-0.1, -0.05) is 11.6 Å². The number of piperidine rings is 1. The minimum Gasteiger partial charge on any atom is -0.486 e. The highest BCUT2D eigenvalue weighted by Crippen LogP contribution is 2.21. The van der Waals surface area contributed by atoms with Crippen molar-refractivity contribution in [3.05, 3.63) is 45.4 Å². The number of ether oxygens (including phenoxy) is 1. The fourth-order valence-corrected chi connectivity index (χ4v) is 4.57. The van der Waals surface area contributed by atoms with Gasteiger partial charge in [-0.15, -0.1) is 11.3 Å². The standard InChI is InChI=1S/C18H22ClN3O4S2/c1-21(28(2,24)25)14-7-9-22(10-8-14)18(23)16-12-27-17(20-16)11-26-15-5-3-13(19)4-6-15/h3-6,12,14H,7-11H2,1-2H3. The molecule has 0 aliphatic carbocycles. The molecule has 1 aliphatic rings. The number of halogens is 1. The maximum Gasteiger partial charge on any atom is 0.273 e. The highest BCUT2D eigenvalue weighted by atomic mass is 35.5. The average Bonchev–Trinajstić information content (AvgIpc) is 3.15. The van der Waals surface area contributed by atoms with Crippen LogP contribution in [0.25, 0.3) is 0 Å². The van der Waals surface area contributed by atoms with Crippen molar-refractivity contribution < 1.29 is 17.9 Å². The lowest BCUT2D eigenvalue weighted by atomic mass is 10.1. The predicted molar refractivity (Wildman–Crippen MR) is 109 cm³/mol. The summed E-state index contributed by atoms with van der Waals surface area (Å²) in [5, 5.41) is 3.09. The van der Waals surface area contributed by atoms with E-state index in [1.807, 2.05) is 0 Å². The highest BCUT2D eigenvalue weighted by Gasteiger charge is 2.30. The van der Waals surface area contributed by atoms with Crippen LogP contribution in [-0.4, -0.2) is 60.9 Å². The van der Waals surface area contributed by atoms with E-state index < -0.39 is 10.0 Å². The van der Waals surface area contributed by atoms with Crippen LogP contribution in [-0.2, 0) is 16.6 Å². The molecule has 2 aromatic rings. The van der Waals surface area contributed by atoms with Gasteiger partial charge in [-0.3, -0.25) is 4.79 Å².